The van der Waals surface area contributed by atoms with E-state index in [1.54, 1.807) is 11.3 Å². The minimum Gasteiger partial charge on any atom is -0.387 e. The zero-order chi connectivity index (χ0) is 21.0. The molecule has 3 aliphatic rings. The molecule has 1 spiro atoms. The van der Waals surface area contributed by atoms with Gasteiger partial charge in [-0.05, 0) is 55.7 Å². The van der Waals surface area contributed by atoms with Crippen molar-refractivity contribution in [3.8, 4) is 23.0 Å². The van der Waals surface area contributed by atoms with E-state index in [9.17, 15) is 8.42 Å². The van der Waals surface area contributed by atoms with Crippen LogP contribution in [0.15, 0.2) is 34.9 Å². The van der Waals surface area contributed by atoms with Gasteiger partial charge >= 0.3 is 0 Å². The maximum Gasteiger partial charge on any atom is 0.151 e. The number of aliphatic imine (C=N–C) groups is 1. The van der Waals surface area contributed by atoms with Crippen molar-refractivity contribution in [2.75, 3.05) is 11.5 Å². The van der Waals surface area contributed by atoms with E-state index in [1.807, 2.05) is 12.4 Å². The maximum absolute atomic E-state index is 11.9. The Morgan fingerprint density at radius 3 is 2.73 bits per heavy atom. The summed E-state index contributed by atoms with van der Waals surface area (Å²) >= 11 is 1.65. The summed E-state index contributed by atoms with van der Waals surface area (Å²) in [6.45, 7) is 2.09. The van der Waals surface area contributed by atoms with Gasteiger partial charge in [-0.2, -0.15) is 0 Å². The Kier molecular flexibility index (Phi) is 4.57. The van der Waals surface area contributed by atoms with Gasteiger partial charge in [0.1, 0.15) is 0 Å². The first-order chi connectivity index (χ1) is 14.2. The molecule has 0 bridgehead atoms. The minimum absolute atomic E-state index is 0.206. The average Bonchev–Trinajstić information content (AvgIpc) is 3.38. The van der Waals surface area contributed by atoms with Crippen molar-refractivity contribution < 1.29 is 8.42 Å². The van der Waals surface area contributed by atoms with Crippen molar-refractivity contribution in [1.82, 2.24) is 4.98 Å². The highest BCUT2D eigenvalue weighted by molar-refractivity contribution is 7.92. The van der Waals surface area contributed by atoms with Gasteiger partial charge in [0.2, 0.25) is 0 Å². The molecule has 2 aromatic rings. The fourth-order valence-corrected chi connectivity index (χ4v) is 8.05. The van der Waals surface area contributed by atoms with Crippen LogP contribution in [0, 0.1) is 23.2 Å². The van der Waals surface area contributed by atoms with Gasteiger partial charge in [-0.15, -0.1) is 11.3 Å². The van der Waals surface area contributed by atoms with Gasteiger partial charge in [0.05, 0.1) is 22.9 Å². The Labute approximate surface area is 181 Å². The third-order valence-corrected chi connectivity index (χ3v) is 9.56. The zero-order valence-electron chi connectivity index (χ0n) is 17.0. The number of pyridine rings is 1. The summed E-state index contributed by atoms with van der Waals surface area (Å²) in [4.78, 5) is 10.3. The van der Waals surface area contributed by atoms with Crippen molar-refractivity contribution in [2.45, 2.75) is 44.6 Å². The van der Waals surface area contributed by atoms with E-state index in [1.165, 1.54) is 12.8 Å². The summed E-state index contributed by atoms with van der Waals surface area (Å²) in [5.41, 5.74) is 8.55. The number of sulfone groups is 1. The third kappa shape index (κ3) is 3.91. The van der Waals surface area contributed by atoms with Crippen LogP contribution in [-0.2, 0) is 15.4 Å². The highest BCUT2D eigenvalue weighted by Crippen LogP contribution is 2.51. The van der Waals surface area contributed by atoms with Gasteiger partial charge in [-0.25, -0.2) is 8.42 Å². The Balaban J connectivity index is 1.44. The second kappa shape index (κ2) is 6.93. The first-order valence-corrected chi connectivity index (χ1v) is 13.1. The lowest BCUT2D eigenvalue weighted by atomic mass is 9.76. The summed E-state index contributed by atoms with van der Waals surface area (Å²) in [6.07, 6.45) is 8.25. The molecular weight excluding hydrogens is 414 g/mol. The highest BCUT2D eigenvalue weighted by atomic mass is 32.2. The Hall–Kier alpha value is -2.17. The van der Waals surface area contributed by atoms with E-state index < -0.39 is 15.4 Å². The van der Waals surface area contributed by atoms with E-state index >= 15 is 0 Å². The van der Waals surface area contributed by atoms with E-state index in [0.717, 1.165) is 28.0 Å². The quantitative estimate of drug-likeness (QED) is 0.722. The normalized spacial score (nSPS) is 26.8. The average molecular weight is 440 g/mol. The second-order valence-electron chi connectivity index (χ2n) is 9.29. The molecule has 2 N–H and O–H groups in total. The van der Waals surface area contributed by atoms with Crippen LogP contribution >= 0.6 is 11.3 Å². The van der Waals surface area contributed by atoms with Crippen LogP contribution in [0.3, 0.4) is 0 Å². The van der Waals surface area contributed by atoms with Gasteiger partial charge in [0.15, 0.2) is 9.84 Å². The number of nitrogens with two attached hydrogens (primary N) is 1. The second-order valence-corrected chi connectivity index (χ2v) is 12.3. The smallest absolute Gasteiger partial charge is 0.151 e. The zero-order valence-corrected chi connectivity index (χ0v) is 18.7. The number of hydrogen-bond donors (Lipinski definition) is 1. The summed E-state index contributed by atoms with van der Waals surface area (Å²) in [7, 11) is -2.91. The molecule has 1 unspecified atom stereocenters. The number of rotatable bonds is 2. The molecule has 1 saturated heterocycles. The van der Waals surface area contributed by atoms with Crippen LogP contribution in [0.1, 0.15) is 49.5 Å². The van der Waals surface area contributed by atoms with E-state index in [4.69, 9.17) is 10.7 Å². The van der Waals surface area contributed by atoms with Gasteiger partial charge in [0, 0.05) is 46.2 Å². The van der Waals surface area contributed by atoms with E-state index in [2.05, 4.69) is 41.3 Å². The monoisotopic (exact) mass is 439 g/mol. The van der Waals surface area contributed by atoms with Crippen molar-refractivity contribution in [2.24, 2.45) is 22.1 Å². The molecule has 0 radical (unpaired) electrons. The molecule has 30 heavy (non-hydrogen) atoms. The van der Waals surface area contributed by atoms with Crippen molar-refractivity contribution in [1.29, 1.82) is 0 Å². The molecule has 4 heterocycles. The van der Waals surface area contributed by atoms with Gasteiger partial charge in [0.25, 0.3) is 0 Å². The fraction of sp³-hybridized carbons (Fsp3) is 0.478. The van der Waals surface area contributed by atoms with Gasteiger partial charge < -0.3 is 5.73 Å². The Bertz CT molecular complexity index is 1190. The van der Waals surface area contributed by atoms with Gasteiger partial charge in [-0.1, -0.05) is 11.8 Å². The van der Waals surface area contributed by atoms with Crippen LogP contribution in [-0.4, -0.2) is 30.7 Å². The topological polar surface area (TPSA) is 85.4 Å². The molecule has 5 nitrogen and oxygen atoms in total. The number of aromatic nitrogens is 1. The Morgan fingerprint density at radius 2 is 2.00 bits per heavy atom. The van der Waals surface area contributed by atoms with Crippen molar-refractivity contribution >= 4 is 27.0 Å². The van der Waals surface area contributed by atoms with Crippen molar-refractivity contribution in [3.63, 3.8) is 0 Å². The fourth-order valence-electron chi connectivity index (χ4n) is 4.75. The van der Waals surface area contributed by atoms with Crippen LogP contribution in [0.5, 0.6) is 0 Å². The molecule has 0 amide bonds. The summed E-state index contributed by atoms with van der Waals surface area (Å²) in [6, 6.07) is 4.24. The lowest BCUT2D eigenvalue weighted by molar-refractivity contribution is 0.231. The molecule has 7 heteroatoms. The molecule has 2 aromatic heterocycles. The third-order valence-electron chi connectivity index (χ3n) is 6.27. The molecule has 1 atom stereocenters. The minimum atomic E-state index is -2.91. The summed E-state index contributed by atoms with van der Waals surface area (Å²) < 4.78 is 23.9. The maximum atomic E-state index is 11.9. The molecular formula is C23H25N3O2S2. The van der Waals surface area contributed by atoms with Crippen LogP contribution < -0.4 is 5.73 Å². The van der Waals surface area contributed by atoms with Crippen LogP contribution in [0.25, 0.3) is 11.1 Å². The van der Waals surface area contributed by atoms with E-state index in [-0.39, 0.29) is 16.9 Å². The number of hydrogen-bond acceptors (Lipinski definition) is 6. The van der Waals surface area contributed by atoms with Crippen LogP contribution in [0.4, 0.5) is 0 Å². The number of nitrogens with zero attached hydrogens (tertiary/aromatic N) is 2. The van der Waals surface area contributed by atoms with Gasteiger partial charge in [-0.3, -0.25) is 9.98 Å². The Morgan fingerprint density at radius 1 is 1.20 bits per heavy atom. The number of thiophene rings is 1. The highest BCUT2D eigenvalue weighted by Gasteiger charge is 2.53. The molecule has 156 valence electrons. The van der Waals surface area contributed by atoms with Crippen molar-refractivity contribution in [3.05, 3.63) is 40.3 Å². The van der Waals surface area contributed by atoms with Crippen LogP contribution in [0.2, 0.25) is 0 Å². The first-order valence-electron chi connectivity index (χ1n) is 10.4. The standard InChI is InChI=1S/C23H25N3O2S2/c1-22(13-23(7-6-21(24)26-22)14-30(27,28)15-23)20-9-19(12-29-20)18-8-17(10-25-11-18)5-4-16-2-3-16/h8-12,16H,2-3,6-7,13-15H2,1H3,(H2,24,26). The first kappa shape index (κ1) is 19.8. The molecule has 5 rings (SSSR count). The SMILES string of the molecule is CC1(c2cc(-c3cncc(C#CC4CC4)c3)cs2)CC2(CCC(N)=N1)CS(=O)(=O)C2. The molecule has 1 saturated carbocycles. The lowest BCUT2D eigenvalue weighted by Gasteiger charge is -2.44. The largest absolute Gasteiger partial charge is 0.387 e. The van der Waals surface area contributed by atoms with E-state index in [0.29, 0.717) is 24.6 Å². The molecule has 0 aromatic carbocycles. The molecule has 2 fully saturated rings. The molecule has 2 aliphatic heterocycles. The predicted octanol–water partition coefficient (Wildman–Crippen LogP) is 3.74. The number of amidine groups is 1. The lowest BCUT2D eigenvalue weighted by Crippen LogP contribution is -2.50. The predicted molar refractivity (Wildman–Crippen MR) is 121 cm³/mol. The summed E-state index contributed by atoms with van der Waals surface area (Å²) in [5.74, 6) is 8.20. The molecule has 1 aliphatic carbocycles. The summed E-state index contributed by atoms with van der Waals surface area (Å²) in [5, 5.41) is 2.12.